The van der Waals surface area contributed by atoms with Gasteiger partial charge in [0.05, 0.1) is 13.2 Å². The Kier molecular flexibility index (Phi) is 9.00. The van der Waals surface area contributed by atoms with Crippen molar-refractivity contribution in [2.45, 2.75) is 44.0 Å². The highest BCUT2D eigenvalue weighted by Gasteiger charge is 2.38. The lowest BCUT2D eigenvalue weighted by Crippen LogP contribution is -2.42. The van der Waals surface area contributed by atoms with Crippen LogP contribution in [0.1, 0.15) is 37.7 Å². The summed E-state index contributed by atoms with van der Waals surface area (Å²) >= 11 is 6.03. The highest BCUT2D eigenvalue weighted by molar-refractivity contribution is 6.30. The average molecular weight is 505 g/mol. The van der Waals surface area contributed by atoms with Crippen molar-refractivity contribution in [2.24, 2.45) is 0 Å². The molecule has 0 N–H and O–H groups in total. The second-order valence-corrected chi connectivity index (χ2v) is 9.71. The molecular weight excluding hydrogens is 471 g/mol. The van der Waals surface area contributed by atoms with E-state index in [9.17, 15) is 9.18 Å². The van der Waals surface area contributed by atoms with E-state index in [1.807, 2.05) is 36.2 Å². The summed E-state index contributed by atoms with van der Waals surface area (Å²) in [4.78, 5) is 16.8. The molecule has 2 fully saturated rings. The van der Waals surface area contributed by atoms with Crippen molar-refractivity contribution >= 4 is 17.5 Å². The maximum absolute atomic E-state index is 13.3. The van der Waals surface area contributed by atoms with Crippen LogP contribution >= 0.6 is 11.6 Å². The van der Waals surface area contributed by atoms with E-state index < -0.39 is 5.79 Å². The van der Waals surface area contributed by atoms with E-state index in [0.717, 1.165) is 37.1 Å². The Morgan fingerprint density at radius 3 is 2.54 bits per heavy atom. The molecule has 2 heterocycles. The largest absolute Gasteiger partial charge is 0.490 e. The number of carbonyl (C=O) groups is 1. The van der Waals surface area contributed by atoms with Crippen LogP contribution in [0.3, 0.4) is 0 Å². The molecule has 1 amide bonds. The molecule has 2 aromatic rings. The summed E-state index contributed by atoms with van der Waals surface area (Å²) in [5.74, 6) is -0.118. The fourth-order valence-electron chi connectivity index (χ4n) is 4.71. The van der Waals surface area contributed by atoms with Crippen molar-refractivity contribution < 1.29 is 23.4 Å². The van der Waals surface area contributed by atoms with E-state index in [1.54, 1.807) is 12.1 Å². The van der Waals surface area contributed by atoms with Gasteiger partial charge in [0, 0.05) is 55.9 Å². The number of carbonyl (C=O) groups excluding carboxylic acids is 1. The predicted octanol–water partition coefficient (Wildman–Crippen LogP) is 4.85. The van der Waals surface area contributed by atoms with Crippen molar-refractivity contribution in [3.05, 3.63) is 64.9 Å². The smallest absolute Gasteiger partial charge is 0.223 e. The molecule has 2 saturated heterocycles. The number of hydrogen-bond acceptors (Lipinski definition) is 5. The highest BCUT2D eigenvalue weighted by atomic mass is 35.5. The third-order valence-electron chi connectivity index (χ3n) is 6.68. The van der Waals surface area contributed by atoms with Gasteiger partial charge in [0.25, 0.3) is 0 Å². The quantitative estimate of drug-likeness (QED) is 0.463. The fourth-order valence-corrected chi connectivity index (χ4v) is 4.89. The van der Waals surface area contributed by atoms with Crippen molar-refractivity contribution in [1.29, 1.82) is 0 Å². The maximum Gasteiger partial charge on any atom is 0.223 e. The predicted molar refractivity (Wildman–Crippen MR) is 133 cm³/mol. The SMILES string of the molecule is CN(CCCC1(c2ccc(F)cc2)OCCO1)CCC(=O)N1CCC(Oc2cccc(Cl)c2)CC1. The zero-order valence-electron chi connectivity index (χ0n) is 20.3. The van der Waals surface area contributed by atoms with Crippen molar-refractivity contribution in [3.8, 4) is 5.75 Å². The first-order valence-corrected chi connectivity index (χ1v) is 12.7. The van der Waals surface area contributed by atoms with Gasteiger partial charge in [0.2, 0.25) is 5.91 Å². The van der Waals surface area contributed by atoms with Gasteiger partial charge in [-0.2, -0.15) is 0 Å². The molecule has 2 aromatic carbocycles. The van der Waals surface area contributed by atoms with Gasteiger partial charge in [-0.25, -0.2) is 4.39 Å². The summed E-state index contributed by atoms with van der Waals surface area (Å²) in [5.41, 5.74) is 0.844. The lowest BCUT2D eigenvalue weighted by atomic mass is 10.0. The molecule has 0 bridgehead atoms. The van der Waals surface area contributed by atoms with Gasteiger partial charge in [-0.1, -0.05) is 29.8 Å². The number of hydrogen-bond donors (Lipinski definition) is 0. The first-order chi connectivity index (χ1) is 16.9. The first-order valence-electron chi connectivity index (χ1n) is 12.4. The van der Waals surface area contributed by atoms with Gasteiger partial charge >= 0.3 is 0 Å². The molecule has 4 rings (SSSR count). The third kappa shape index (κ3) is 7.17. The summed E-state index contributed by atoms with van der Waals surface area (Å²) in [5, 5.41) is 0.660. The van der Waals surface area contributed by atoms with E-state index in [2.05, 4.69) is 4.90 Å². The Morgan fingerprint density at radius 1 is 1.14 bits per heavy atom. The second kappa shape index (κ2) is 12.2. The Hall–Kier alpha value is -2.19. The number of benzene rings is 2. The monoisotopic (exact) mass is 504 g/mol. The number of ether oxygens (including phenoxy) is 3. The lowest BCUT2D eigenvalue weighted by molar-refractivity contribution is -0.172. The molecule has 0 aliphatic carbocycles. The molecule has 0 saturated carbocycles. The maximum atomic E-state index is 13.3. The highest BCUT2D eigenvalue weighted by Crippen LogP contribution is 2.36. The van der Waals surface area contributed by atoms with Crippen molar-refractivity contribution in [1.82, 2.24) is 9.80 Å². The molecule has 190 valence electrons. The van der Waals surface area contributed by atoms with Crippen molar-refractivity contribution in [2.75, 3.05) is 46.4 Å². The van der Waals surface area contributed by atoms with Crippen LogP contribution in [0, 0.1) is 5.82 Å². The number of piperidine rings is 1. The molecule has 0 radical (unpaired) electrons. The van der Waals surface area contributed by atoms with E-state index >= 15 is 0 Å². The summed E-state index contributed by atoms with van der Waals surface area (Å²) in [6.45, 7) is 4.00. The number of likely N-dealkylation sites (tertiary alicyclic amines) is 1. The summed E-state index contributed by atoms with van der Waals surface area (Å²) in [6.07, 6.45) is 3.75. The zero-order valence-corrected chi connectivity index (χ0v) is 21.0. The molecule has 0 spiro atoms. The second-order valence-electron chi connectivity index (χ2n) is 9.27. The van der Waals surface area contributed by atoms with Gasteiger partial charge in [0.15, 0.2) is 5.79 Å². The van der Waals surface area contributed by atoms with Gasteiger partial charge < -0.3 is 24.0 Å². The minimum Gasteiger partial charge on any atom is -0.490 e. The van der Waals surface area contributed by atoms with Crippen LogP contribution in [0.25, 0.3) is 0 Å². The molecule has 8 heteroatoms. The normalized spacial score (nSPS) is 18.2. The minimum absolute atomic E-state index is 0.105. The molecule has 2 aliphatic rings. The molecule has 0 atom stereocenters. The van der Waals surface area contributed by atoms with E-state index in [4.69, 9.17) is 25.8 Å². The van der Waals surface area contributed by atoms with E-state index in [0.29, 0.717) is 50.7 Å². The number of rotatable bonds is 10. The Balaban J connectivity index is 1.15. The molecular formula is C27H34ClFN2O4. The van der Waals surface area contributed by atoms with Crippen LogP contribution in [0.4, 0.5) is 4.39 Å². The van der Waals surface area contributed by atoms with E-state index in [1.165, 1.54) is 12.1 Å². The van der Waals surface area contributed by atoms with Crippen LogP contribution in [-0.2, 0) is 20.1 Å². The van der Waals surface area contributed by atoms with Gasteiger partial charge in [-0.15, -0.1) is 0 Å². The standard InChI is InChI=1S/C27H34ClFN2O4/c1-30(14-3-13-27(33-18-19-34-27)21-6-8-23(29)9-7-21)15-12-26(32)31-16-10-24(11-17-31)35-25-5-2-4-22(28)20-25/h2,4-9,20,24H,3,10-19H2,1H3. The number of nitrogens with zero attached hydrogens (tertiary/aromatic N) is 2. The van der Waals surface area contributed by atoms with Gasteiger partial charge in [0.1, 0.15) is 17.7 Å². The van der Waals surface area contributed by atoms with Gasteiger partial charge in [-0.3, -0.25) is 4.79 Å². The molecule has 6 nitrogen and oxygen atoms in total. The fraction of sp³-hybridized carbons (Fsp3) is 0.519. The third-order valence-corrected chi connectivity index (χ3v) is 6.92. The summed E-state index contributed by atoms with van der Waals surface area (Å²) < 4.78 is 31.2. The minimum atomic E-state index is -0.804. The molecule has 35 heavy (non-hydrogen) atoms. The van der Waals surface area contributed by atoms with Crippen LogP contribution in [0.2, 0.25) is 5.02 Å². The van der Waals surface area contributed by atoms with Crippen LogP contribution in [0.5, 0.6) is 5.75 Å². The Bertz CT molecular complexity index is 960. The van der Waals surface area contributed by atoms with Crippen molar-refractivity contribution in [3.63, 3.8) is 0 Å². The first kappa shape index (κ1) is 25.9. The Morgan fingerprint density at radius 2 is 1.86 bits per heavy atom. The van der Waals surface area contributed by atoms with Crippen LogP contribution in [0.15, 0.2) is 48.5 Å². The summed E-state index contributed by atoms with van der Waals surface area (Å²) in [6, 6.07) is 13.8. The molecule has 0 unspecified atom stereocenters. The Labute approximate surface area is 211 Å². The van der Waals surface area contributed by atoms with Crippen LogP contribution < -0.4 is 4.74 Å². The number of halogens is 2. The lowest BCUT2D eigenvalue weighted by Gasteiger charge is -2.32. The number of amides is 1. The van der Waals surface area contributed by atoms with Gasteiger partial charge in [-0.05, 0) is 50.3 Å². The zero-order chi connectivity index (χ0) is 24.7. The van der Waals surface area contributed by atoms with Crippen LogP contribution in [-0.4, -0.2) is 68.3 Å². The average Bonchev–Trinajstić information content (AvgIpc) is 3.33. The molecule has 2 aliphatic heterocycles. The molecule has 0 aromatic heterocycles. The van der Waals surface area contributed by atoms with E-state index in [-0.39, 0.29) is 17.8 Å². The summed E-state index contributed by atoms with van der Waals surface area (Å²) in [7, 11) is 2.03. The topological polar surface area (TPSA) is 51.2 Å².